The Balaban J connectivity index is 1.62. The minimum Gasteiger partial charge on any atom is -0.348 e. The average molecular weight is 376 g/mol. The van der Waals surface area contributed by atoms with Gasteiger partial charge in [-0.1, -0.05) is 42.5 Å². The Bertz CT molecular complexity index is 1150. The van der Waals surface area contributed by atoms with Crippen molar-refractivity contribution in [3.05, 3.63) is 77.4 Å². The summed E-state index contributed by atoms with van der Waals surface area (Å²) >= 11 is 0. The summed E-state index contributed by atoms with van der Waals surface area (Å²) < 4.78 is 14.1. The van der Waals surface area contributed by atoms with Crippen molar-refractivity contribution in [1.29, 1.82) is 0 Å². The molecular weight excluding hydrogens is 355 g/mol. The lowest BCUT2D eigenvalue weighted by Crippen LogP contribution is -2.30. The van der Waals surface area contributed by atoms with Gasteiger partial charge in [0.1, 0.15) is 11.5 Å². The van der Waals surface area contributed by atoms with Crippen molar-refractivity contribution >= 4 is 16.8 Å². The highest BCUT2D eigenvalue weighted by molar-refractivity contribution is 6.01. The summed E-state index contributed by atoms with van der Waals surface area (Å²) in [5.41, 5.74) is 4.16. The Kier molecular flexibility index (Phi) is 4.47. The van der Waals surface area contributed by atoms with Crippen molar-refractivity contribution in [1.82, 2.24) is 20.1 Å². The van der Waals surface area contributed by atoms with E-state index in [0.717, 1.165) is 27.9 Å². The molecule has 2 N–H and O–H groups in total. The molecule has 1 atom stereocenters. The molecule has 0 saturated carbocycles. The minimum absolute atomic E-state index is 0.198. The summed E-state index contributed by atoms with van der Waals surface area (Å²) in [6.45, 7) is 3.76. The number of aromatic nitrogens is 3. The fraction of sp³-hybridized carbons (Fsp3) is 0.182. The molecule has 0 aliphatic carbocycles. The number of hydrogen-bond donors (Lipinski definition) is 2. The van der Waals surface area contributed by atoms with Crippen LogP contribution in [0.5, 0.6) is 0 Å². The van der Waals surface area contributed by atoms with E-state index in [9.17, 15) is 9.18 Å². The van der Waals surface area contributed by atoms with Crippen LogP contribution in [0.3, 0.4) is 0 Å². The molecule has 142 valence electrons. The first-order chi connectivity index (χ1) is 13.5. The van der Waals surface area contributed by atoms with Crippen molar-refractivity contribution in [3.8, 4) is 11.3 Å². The van der Waals surface area contributed by atoms with Crippen molar-refractivity contribution < 1.29 is 9.18 Å². The highest BCUT2D eigenvalue weighted by Gasteiger charge is 2.24. The van der Waals surface area contributed by atoms with Gasteiger partial charge in [0.2, 0.25) is 0 Å². The van der Waals surface area contributed by atoms with E-state index in [1.807, 2.05) is 56.3 Å². The van der Waals surface area contributed by atoms with Gasteiger partial charge < -0.3 is 9.88 Å². The fourth-order valence-electron chi connectivity index (χ4n) is 3.40. The maximum absolute atomic E-state index is 14.1. The van der Waals surface area contributed by atoms with Crippen LogP contribution in [0.15, 0.2) is 54.6 Å². The first kappa shape index (κ1) is 18.0. The molecule has 2 aromatic heterocycles. The predicted molar refractivity (Wildman–Crippen MR) is 108 cm³/mol. The molecule has 2 aromatic carbocycles. The summed E-state index contributed by atoms with van der Waals surface area (Å²) in [5.74, 6) is -0.562. The van der Waals surface area contributed by atoms with Crippen LogP contribution in [0.1, 0.15) is 34.7 Å². The Morgan fingerprint density at radius 3 is 2.61 bits per heavy atom. The molecule has 0 aliphatic heterocycles. The Labute approximate surface area is 162 Å². The number of para-hydroxylation sites is 1. The smallest absolute Gasteiger partial charge is 0.270 e. The third-order valence-corrected chi connectivity index (χ3v) is 5.28. The van der Waals surface area contributed by atoms with Crippen molar-refractivity contribution in [2.75, 3.05) is 7.05 Å². The second-order valence-electron chi connectivity index (χ2n) is 6.95. The van der Waals surface area contributed by atoms with Crippen LogP contribution in [0.4, 0.5) is 4.39 Å². The third kappa shape index (κ3) is 2.97. The van der Waals surface area contributed by atoms with Crippen molar-refractivity contribution in [3.63, 3.8) is 0 Å². The van der Waals surface area contributed by atoms with Gasteiger partial charge in [0.05, 0.1) is 22.9 Å². The number of rotatable bonds is 4. The zero-order valence-electron chi connectivity index (χ0n) is 16.0. The van der Waals surface area contributed by atoms with Crippen molar-refractivity contribution in [2.24, 2.45) is 0 Å². The lowest BCUT2D eigenvalue weighted by atomic mass is 10.1. The van der Waals surface area contributed by atoms with Crippen molar-refractivity contribution in [2.45, 2.75) is 19.9 Å². The van der Waals surface area contributed by atoms with Gasteiger partial charge in [0.15, 0.2) is 0 Å². The minimum atomic E-state index is -0.364. The van der Waals surface area contributed by atoms with E-state index in [4.69, 9.17) is 0 Å². The lowest BCUT2D eigenvalue weighted by Gasteiger charge is -2.23. The predicted octanol–water partition coefficient (Wildman–Crippen LogP) is 4.84. The Morgan fingerprint density at radius 1 is 1.14 bits per heavy atom. The number of carbonyl (C=O) groups excluding carboxylic acids is 1. The molecule has 4 aromatic rings. The zero-order valence-corrected chi connectivity index (χ0v) is 16.0. The van der Waals surface area contributed by atoms with Crippen LogP contribution in [-0.4, -0.2) is 33.0 Å². The summed E-state index contributed by atoms with van der Waals surface area (Å²) in [4.78, 5) is 17.7. The maximum Gasteiger partial charge on any atom is 0.270 e. The van der Waals surface area contributed by atoms with E-state index in [0.29, 0.717) is 11.2 Å². The number of nitrogens with zero attached hydrogens (tertiary/aromatic N) is 2. The Hall–Kier alpha value is -3.41. The molecule has 4 rings (SSSR count). The largest absolute Gasteiger partial charge is 0.348 e. The molecule has 5 nitrogen and oxygen atoms in total. The third-order valence-electron chi connectivity index (χ3n) is 5.28. The van der Waals surface area contributed by atoms with E-state index >= 15 is 0 Å². The van der Waals surface area contributed by atoms with Gasteiger partial charge in [-0.15, -0.1) is 0 Å². The molecule has 0 radical (unpaired) electrons. The molecule has 0 unspecified atom stereocenters. The summed E-state index contributed by atoms with van der Waals surface area (Å²) in [6, 6.07) is 16.4. The summed E-state index contributed by atoms with van der Waals surface area (Å²) in [5, 5.41) is 8.11. The van der Waals surface area contributed by atoms with Crippen LogP contribution in [-0.2, 0) is 0 Å². The normalized spacial score (nSPS) is 12.3. The maximum atomic E-state index is 14.1. The number of halogens is 1. The number of aryl methyl sites for hydroxylation is 1. The van der Waals surface area contributed by atoms with Gasteiger partial charge >= 0.3 is 0 Å². The first-order valence-electron chi connectivity index (χ1n) is 9.12. The molecular formula is C22H21FN4O. The number of nitrogens with one attached hydrogen (secondary N) is 2. The number of amides is 1. The van der Waals surface area contributed by atoms with Gasteiger partial charge in [-0.25, -0.2) is 4.39 Å². The van der Waals surface area contributed by atoms with Gasteiger partial charge in [-0.05, 0) is 31.5 Å². The standard InChI is InChI=1S/C22H21FN4O/c1-13-16-10-7-11-17(23)21(16)24-20(13)22(28)27(3)14(2)18-12-19(26-25-18)15-8-5-4-6-9-15/h4-12,14,24H,1-3H3,(H,25,26)/t14-/m0/s1. The van der Waals surface area contributed by atoms with Crippen LogP contribution in [0, 0.1) is 12.7 Å². The summed E-state index contributed by atoms with van der Waals surface area (Å²) in [7, 11) is 1.73. The quantitative estimate of drug-likeness (QED) is 0.535. The molecule has 0 aliphatic rings. The number of H-pyrrole nitrogens is 2. The van der Waals surface area contributed by atoms with Crippen LogP contribution in [0.25, 0.3) is 22.2 Å². The van der Waals surface area contributed by atoms with Gasteiger partial charge in [-0.2, -0.15) is 5.10 Å². The number of aromatic amines is 2. The van der Waals surface area contributed by atoms with E-state index in [1.165, 1.54) is 6.07 Å². The second-order valence-corrected chi connectivity index (χ2v) is 6.95. The topological polar surface area (TPSA) is 64.8 Å². The van der Waals surface area contributed by atoms with Crippen LogP contribution in [0.2, 0.25) is 0 Å². The average Bonchev–Trinajstić information content (AvgIpc) is 3.33. The Morgan fingerprint density at radius 2 is 1.89 bits per heavy atom. The first-order valence-corrected chi connectivity index (χ1v) is 9.12. The molecule has 2 heterocycles. The number of fused-ring (bicyclic) bond motifs is 1. The highest BCUT2D eigenvalue weighted by atomic mass is 19.1. The van der Waals surface area contributed by atoms with Gasteiger partial charge in [0, 0.05) is 18.0 Å². The second kappa shape index (κ2) is 6.96. The van der Waals surface area contributed by atoms with E-state index < -0.39 is 0 Å². The lowest BCUT2D eigenvalue weighted by molar-refractivity contribution is 0.0734. The SMILES string of the molecule is Cc1c(C(=O)N(C)[C@@H](C)c2cc(-c3ccccc3)n[nH]2)[nH]c2c(F)cccc12. The van der Waals surface area contributed by atoms with E-state index in [2.05, 4.69) is 15.2 Å². The molecule has 6 heteroatoms. The van der Waals surface area contributed by atoms with Gasteiger partial charge in [0.25, 0.3) is 5.91 Å². The molecule has 28 heavy (non-hydrogen) atoms. The molecule has 0 spiro atoms. The highest BCUT2D eigenvalue weighted by Crippen LogP contribution is 2.28. The van der Waals surface area contributed by atoms with Crippen LogP contribution < -0.4 is 0 Å². The monoisotopic (exact) mass is 376 g/mol. The molecule has 0 bridgehead atoms. The molecule has 0 fully saturated rings. The molecule has 0 saturated heterocycles. The van der Waals surface area contributed by atoms with E-state index in [-0.39, 0.29) is 17.8 Å². The number of hydrogen-bond acceptors (Lipinski definition) is 2. The fourth-order valence-corrected chi connectivity index (χ4v) is 3.40. The zero-order chi connectivity index (χ0) is 19.8. The number of benzene rings is 2. The summed E-state index contributed by atoms with van der Waals surface area (Å²) in [6.07, 6.45) is 0. The number of carbonyl (C=O) groups is 1. The molecule has 1 amide bonds. The van der Waals surface area contributed by atoms with Crippen LogP contribution >= 0.6 is 0 Å². The van der Waals surface area contributed by atoms with Gasteiger partial charge in [-0.3, -0.25) is 9.89 Å². The van der Waals surface area contributed by atoms with E-state index in [1.54, 1.807) is 18.0 Å².